The van der Waals surface area contributed by atoms with Crippen LogP contribution in [0.4, 0.5) is 0 Å². The lowest BCUT2D eigenvalue weighted by Crippen LogP contribution is -2.47. The van der Waals surface area contributed by atoms with E-state index in [1.165, 1.54) is 51.3 Å². The van der Waals surface area contributed by atoms with Crippen molar-refractivity contribution in [3.8, 4) is 0 Å². The number of rotatable bonds is 5. The molecule has 1 saturated heterocycles. The van der Waals surface area contributed by atoms with Crippen LogP contribution in [0.2, 0.25) is 0 Å². The lowest BCUT2D eigenvalue weighted by molar-refractivity contribution is 0.123. The van der Waals surface area contributed by atoms with Gasteiger partial charge in [0.25, 0.3) is 0 Å². The first-order valence-electron chi connectivity index (χ1n) is 7.22. The molecule has 0 aromatic heterocycles. The van der Waals surface area contributed by atoms with Crippen molar-refractivity contribution in [2.45, 2.75) is 20.3 Å². The molecule has 0 N–H and O–H groups in total. The van der Waals surface area contributed by atoms with Crippen LogP contribution in [0.1, 0.15) is 19.4 Å². The fourth-order valence-corrected chi connectivity index (χ4v) is 2.64. The van der Waals surface area contributed by atoms with Crippen LogP contribution in [0.25, 0.3) is 0 Å². The number of hydrogen-bond donors (Lipinski definition) is 0. The highest BCUT2D eigenvalue weighted by Crippen LogP contribution is 2.07. The molecule has 1 aliphatic rings. The molecule has 2 rings (SSSR count). The van der Waals surface area contributed by atoms with Gasteiger partial charge < -0.3 is 9.80 Å². The van der Waals surface area contributed by atoms with Gasteiger partial charge in [0.1, 0.15) is 0 Å². The quantitative estimate of drug-likeness (QED) is 0.787. The molecule has 0 bridgehead atoms. The maximum Gasteiger partial charge on any atom is 0.0110 e. The molecule has 0 atom stereocenters. The second-order valence-electron chi connectivity index (χ2n) is 5.77. The lowest BCUT2D eigenvalue weighted by Gasteiger charge is -2.35. The maximum absolute atomic E-state index is 2.60. The molecule has 0 radical (unpaired) electrons. The molecule has 0 spiro atoms. The predicted molar refractivity (Wildman–Crippen MR) is 77.9 cm³/mol. The number of nitrogens with zero attached hydrogens (tertiary/aromatic N) is 2. The third-order valence-corrected chi connectivity index (χ3v) is 3.65. The molecule has 1 heterocycles. The molecular formula is C16H26N2. The van der Waals surface area contributed by atoms with Gasteiger partial charge >= 0.3 is 0 Å². The van der Waals surface area contributed by atoms with Crippen molar-refractivity contribution in [1.82, 2.24) is 9.80 Å². The molecule has 0 aliphatic carbocycles. The molecule has 18 heavy (non-hydrogen) atoms. The van der Waals surface area contributed by atoms with Gasteiger partial charge in [0.05, 0.1) is 0 Å². The van der Waals surface area contributed by atoms with E-state index < -0.39 is 0 Å². The van der Waals surface area contributed by atoms with Gasteiger partial charge in [0.15, 0.2) is 0 Å². The standard InChI is InChI=1S/C16H26N2/c1-15(2)14-18-12-10-17(11-13-18)9-8-16-6-4-3-5-7-16/h3-7,15H,8-14H2,1-2H3. The van der Waals surface area contributed by atoms with E-state index in [9.17, 15) is 0 Å². The topological polar surface area (TPSA) is 6.48 Å². The van der Waals surface area contributed by atoms with E-state index in [1.54, 1.807) is 0 Å². The predicted octanol–water partition coefficient (Wildman–Crippen LogP) is 2.50. The highest BCUT2D eigenvalue weighted by atomic mass is 15.3. The first-order chi connectivity index (χ1) is 8.74. The van der Waals surface area contributed by atoms with E-state index in [1.807, 2.05) is 0 Å². The highest BCUT2D eigenvalue weighted by Gasteiger charge is 2.16. The monoisotopic (exact) mass is 246 g/mol. The van der Waals surface area contributed by atoms with E-state index in [0.717, 1.165) is 5.92 Å². The third-order valence-electron chi connectivity index (χ3n) is 3.65. The molecule has 2 nitrogen and oxygen atoms in total. The summed E-state index contributed by atoms with van der Waals surface area (Å²) in [6.45, 7) is 12.0. The summed E-state index contributed by atoms with van der Waals surface area (Å²) in [5, 5.41) is 0. The van der Waals surface area contributed by atoms with E-state index in [0.29, 0.717) is 0 Å². The number of piperazine rings is 1. The maximum atomic E-state index is 2.60. The first-order valence-corrected chi connectivity index (χ1v) is 7.22. The summed E-state index contributed by atoms with van der Waals surface area (Å²) < 4.78 is 0. The van der Waals surface area contributed by atoms with E-state index >= 15 is 0 Å². The molecule has 1 aliphatic heterocycles. The van der Waals surface area contributed by atoms with Gasteiger partial charge in [-0.25, -0.2) is 0 Å². The van der Waals surface area contributed by atoms with Crippen molar-refractivity contribution in [2.75, 3.05) is 39.3 Å². The highest BCUT2D eigenvalue weighted by molar-refractivity contribution is 5.14. The van der Waals surface area contributed by atoms with Gasteiger partial charge in [-0.05, 0) is 17.9 Å². The molecule has 1 aromatic rings. The fourth-order valence-electron chi connectivity index (χ4n) is 2.64. The summed E-state index contributed by atoms with van der Waals surface area (Å²) in [7, 11) is 0. The lowest BCUT2D eigenvalue weighted by atomic mass is 10.1. The van der Waals surface area contributed by atoms with Gasteiger partial charge in [-0.3, -0.25) is 0 Å². The molecule has 0 amide bonds. The molecule has 1 fully saturated rings. The first kappa shape index (κ1) is 13.6. The Hall–Kier alpha value is -0.860. The molecule has 100 valence electrons. The van der Waals surface area contributed by atoms with Gasteiger partial charge in [0, 0.05) is 39.3 Å². The molecule has 2 heteroatoms. The van der Waals surface area contributed by atoms with Crippen LogP contribution >= 0.6 is 0 Å². The second kappa shape index (κ2) is 6.91. The Kier molecular flexibility index (Phi) is 5.21. The Bertz CT molecular complexity index is 326. The normalized spacial score (nSPS) is 18.4. The van der Waals surface area contributed by atoms with Crippen LogP contribution in [0, 0.1) is 5.92 Å². The Morgan fingerprint density at radius 3 is 2.17 bits per heavy atom. The average molecular weight is 246 g/mol. The Balaban J connectivity index is 1.68. The zero-order valence-electron chi connectivity index (χ0n) is 11.8. The minimum atomic E-state index is 0.792. The molecule has 1 aromatic carbocycles. The van der Waals surface area contributed by atoms with Gasteiger partial charge in [-0.1, -0.05) is 44.2 Å². The van der Waals surface area contributed by atoms with Crippen molar-refractivity contribution in [3.05, 3.63) is 35.9 Å². The van der Waals surface area contributed by atoms with Crippen LogP contribution in [0.15, 0.2) is 30.3 Å². The summed E-state index contributed by atoms with van der Waals surface area (Å²) in [5.41, 5.74) is 1.46. The third kappa shape index (κ3) is 4.43. The van der Waals surface area contributed by atoms with Crippen LogP contribution in [-0.2, 0) is 6.42 Å². The van der Waals surface area contributed by atoms with E-state index in [-0.39, 0.29) is 0 Å². The van der Waals surface area contributed by atoms with Crippen LogP contribution < -0.4 is 0 Å². The Labute approximate surface area is 112 Å². The summed E-state index contributed by atoms with van der Waals surface area (Å²) in [4.78, 5) is 5.20. The van der Waals surface area contributed by atoms with Crippen LogP contribution in [0.5, 0.6) is 0 Å². The zero-order valence-corrected chi connectivity index (χ0v) is 11.8. The summed E-state index contributed by atoms with van der Waals surface area (Å²) in [6.07, 6.45) is 1.19. The average Bonchev–Trinajstić information content (AvgIpc) is 2.38. The largest absolute Gasteiger partial charge is 0.301 e. The van der Waals surface area contributed by atoms with Crippen molar-refractivity contribution >= 4 is 0 Å². The molecular weight excluding hydrogens is 220 g/mol. The van der Waals surface area contributed by atoms with Crippen molar-refractivity contribution in [2.24, 2.45) is 5.92 Å². The van der Waals surface area contributed by atoms with Crippen molar-refractivity contribution < 1.29 is 0 Å². The van der Waals surface area contributed by atoms with E-state index in [4.69, 9.17) is 0 Å². The van der Waals surface area contributed by atoms with E-state index in [2.05, 4.69) is 54.0 Å². The summed E-state index contributed by atoms with van der Waals surface area (Å²) in [6, 6.07) is 10.8. The number of hydrogen-bond acceptors (Lipinski definition) is 2. The number of benzene rings is 1. The summed E-state index contributed by atoms with van der Waals surface area (Å²) in [5.74, 6) is 0.792. The minimum absolute atomic E-state index is 0.792. The second-order valence-corrected chi connectivity index (χ2v) is 5.77. The summed E-state index contributed by atoms with van der Waals surface area (Å²) >= 11 is 0. The van der Waals surface area contributed by atoms with Crippen LogP contribution in [-0.4, -0.2) is 49.1 Å². The Morgan fingerprint density at radius 1 is 0.944 bits per heavy atom. The van der Waals surface area contributed by atoms with Gasteiger partial charge in [0.2, 0.25) is 0 Å². The Morgan fingerprint density at radius 2 is 1.56 bits per heavy atom. The van der Waals surface area contributed by atoms with Crippen molar-refractivity contribution in [3.63, 3.8) is 0 Å². The van der Waals surface area contributed by atoms with Crippen LogP contribution in [0.3, 0.4) is 0 Å². The minimum Gasteiger partial charge on any atom is -0.301 e. The SMILES string of the molecule is CC(C)CN1CCN(CCc2ccccc2)CC1. The molecule has 0 saturated carbocycles. The fraction of sp³-hybridized carbons (Fsp3) is 0.625. The smallest absolute Gasteiger partial charge is 0.0110 e. The van der Waals surface area contributed by atoms with Crippen molar-refractivity contribution in [1.29, 1.82) is 0 Å². The van der Waals surface area contributed by atoms with Gasteiger partial charge in [-0.2, -0.15) is 0 Å². The molecule has 0 unspecified atom stereocenters. The zero-order chi connectivity index (χ0) is 12.8. The van der Waals surface area contributed by atoms with Gasteiger partial charge in [-0.15, -0.1) is 0 Å².